The lowest BCUT2D eigenvalue weighted by Crippen LogP contribution is -2.05. The Labute approximate surface area is 138 Å². The van der Waals surface area contributed by atoms with Crippen molar-refractivity contribution in [2.24, 2.45) is 0 Å². The van der Waals surface area contributed by atoms with Crippen molar-refractivity contribution in [1.29, 1.82) is 0 Å². The Bertz CT molecular complexity index is 618. The summed E-state index contributed by atoms with van der Waals surface area (Å²) in [4.78, 5) is 0.0456. The Morgan fingerprint density at radius 1 is 1.05 bits per heavy atom. The predicted octanol–water partition coefficient (Wildman–Crippen LogP) is 6.46. The SMILES string of the molecule is Cc1ccc(C(Br)Cc2ccc(C(F)(F)F)cc2)c(Br)c1. The van der Waals surface area contributed by atoms with Crippen LogP contribution in [0.1, 0.15) is 27.1 Å². The van der Waals surface area contributed by atoms with E-state index in [4.69, 9.17) is 0 Å². The van der Waals surface area contributed by atoms with Crippen LogP contribution in [-0.2, 0) is 12.6 Å². The molecule has 21 heavy (non-hydrogen) atoms. The van der Waals surface area contributed by atoms with Gasteiger partial charge < -0.3 is 0 Å². The number of rotatable bonds is 3. The van der Waals surface area contributed by atoms with Gasteiger partial charge in [-0.05, 0) is 48.2 Å². The maximum Gasteiger partial charge on any atom is 0.416 e. The molecule has 0 bridgehead atoms. The molecule has 2 aromatic rings. The van der Waals surface area contributed by atoms with Gasteiger partial charge in [0.05, 0.1) is 5.56 Å². The second-order valence-corrected chi connectivity index (χ2v) is 6.85. The minimum absolute atomic E-state index is 0.0456. The summed E-state index contributed by atoms with van der Waals surface area (Å²) in [7, 11) is 0. The number of hydrogen-bond acceptors (Lipinski definition) is 0. The summed E-state index contributed by atoms with van der Waals surface area (Å²) >= 11 is 7.12. The number of halogens is 5. The lowest BCUT2D eigenvalue weighted by Gasteiger charge is -2.14. The molecule has 112 valence electrons. The topological polar surface area (TPSA) is 0 Å². The monoisotopic (exact) mass is 420 g/mol. The van der Waals surface area contributed by atoms with Crippen molar-refractivity contribution in [3.63, 3.8) is 0 Å². The third-order valence-electron chi connectivity index (χ3n) is 3.19. The van der Waals surface area contributed by atoms with Crippen LogP contribution in [0.5, 0.6) is 0 Å². The molecule has 5 heteroatoms. The maximum absolute atomic E-state index is 12.5. The molecule has 1 unspecified atom stereocenters. The molecule has 0 nitrogen and oxygen atoms in total. The van der Waals surface area contributed by atoms with E-state index in [1.165, 1.54) is 12.1 Å². The third-order valence-corrected chi connectivity index (χ3v) is 4.69. The molecule has 2 rings (SSSR count). The van der Waals surface area contributed by atoms with E-state index in [-0.39, 0.29) is 4.83 Å². The highest BCUT2D eigenvalue weighted by Gasteiger charge is 2.30. The summed E-state index contributed by atoms with van der Waals surface area (Å²) < 4.78 is 38.6. The van der Waals surface area contributed by atoms with E-state index >= 15 is 0 Å². The molecule has 1 atom stereocenters. The van der Waals surface area contributed by atoms with Gasteiger partial charge in [0.15, 0.2) is 0 Å². The van der Waals surface area contributed by atoms with E-state index in [1.54, 1.807) is 0 Å². The van der Waals surface area contributed by atoms with Gasteiger partial charge in [0, 0.05) is 9.30 Å². The van der Waals surface area contributed by atoms with Gasteiger partial charge in [-0.25, -0.2) is 0 Å². The maximum atomic E-state index is 12.5. The quantitative estimate of drug-likeness (QED) is 0.499. The smallest absolute Gasteiger partial charge is 0.166 e. The highest BCUT2D eigenvalue weighted by Crippen LogP contribution is 2.34. The van der Waals surface area contributed by atoms with Gasteiger partial charge in [-0.1, -0.05) is 56.1 Å². The lowest BCUT2D eigenvalue weighted by atomic mass is 10.0. The molecular weight excluding hydrogens is 409 g/mol. The molecule has 0 aliphatic rings. The van der Waals surface area contributed by atoms with E-state index in [9.17, 15) is 13.2 Å². The summed E-state index contributed by atoms with van der Waals surface area (Å²) in [6, 6.07) is 11.4. The largest absolute Gasteiger partial charge is 0.416 e. The molecule has 0 saturated carbocycles. The first kappa shape index (κ1) is 16.6. The van der Waals surface area contributed by atoms with Crippen LogP contribution in [0.3, 0.4) is 0 Å². The van der Waals surface area contributed by atoms with Gasteiger partial charge in [0.1, 0.15) is 0 Å². The Morgan fingerprint density at radius 2 is 1.67 bits per heavy atom. The zero-order valence-electron chi connectivity index (χ0n) is 11.2. The first-order valence-corrected chi connectivity index (χ1v) is 8.04. The average molecular weight is 422 g/mol. The zero-order valence-corrected chi connectivity index (χ0v) is 14.4. The number of alkyl halides is 4. The van der Waals surface area contributed by atoms with Crippen LogP contribution >= 0.6 is 31.9 Å². The molecule has 0 aliphatic carbocycles. The highest BCUT2D eigenvalue weighted by molar-refractivity contribution is 9.11. The second-order valence-electron chi connectivity index (χ2n) is 4.89. The molecule has 0 saturated heterocycles. The molecule has 0 radical (unpaired) electrons. The number of benzene rings is 2. The fraction of sp³-hybridized carbons (Fsp3) is 0.250. The van der Waals surface area contributed by atoms with Crippen molar-refractivity contribution >= 4 is 31.9 Å². The third kappa shape index (κ3) is 4.33. The van der Waals surface area contributed by atoms with Gasteiger partial charge in [-0.3, -0.25) is 0 Å². The van der Waals surface area contributed by atoms with Crippen LogP contribution in [0.15, 0.2) is 46.9 Å². The van der Waals surface area contributed by atoms with Crippen molar-refractivity contribution in [1.82, 2.24) is 0 Å². The van der Waals surface area contributed by atoms with E-state index in [0.717, 1.165) is 33.3 Å². The van der Waals surface area contributed by atoms with Crippen LogP contribution in [0.2, 0.25) is 0 Å². The van der Waals surface area contributed by atoms with Crippen LogP contribution in [0.4, 0.5) is 13.2 Å². The zero-order chi connectivity index (χ0) is 15.6. The first-order valence-electron chi connectivity index (χ1n) is 6.33. The summed E-state index contributed by atoms with van der Waals surface area (Å²) in [5.41, 5.74) is 2.48. The molecule has 0 aliphatic heterocycles. The Hall–Kier alpha value is -0.810. The van der Waals surface area contributed by atoms with Crippen LogP contribution in [0, 0.1) is 6.92 Å². The number of aryl methyl sites for hydroxylation is 1. The van der Waals surface area contributed by atoms with Gasteiger partial charge in [0.2, 0.25) is 0 Å². The molecule has 0 heterocycles. The van der Waals surface area contributed by atoms with Gasteiger partial charge >= 0.3 is 6.18 Å². The van der Waals surface area contributed by atoms with Crippen LogP contribution < -0.4 is 0 Å². The highest BCUT2D eigenvalue weighted by atomic mass is 79.9. The molecule has 0 amide bonds. The van der Waals surface area contributed by atoms with Crippen molar-refractivity contribution in [3.05, 3.63) is 69.2 Å². The predicted molar refractivity (Wildman–Crippen MR) is 85.7 cm³/mol. The van der Waals surface area contributed by atoms with Gasteiger partial charge in [-0.15, -0.1) is 0 Å². The van der Waals surface area contributed by atoms with Crippen molar-refractivity contribution in [2.45, 2.75) is 24.3 Å². The Balaban J connectivity index is 2.14. The summed E-state index contributed by atoms with van der Waals surface area (Å²) in [6.07, 6.45) is -3.66. The van der Waals surface area contributed by atoms with Gasteiger partial charge in [-0.2, -0.15) is 13.2 Å². The van der Waals surface area contributed by atoms with Crippen molar-refractivity contribution in [2.75, 3.05) is 0 Å². The average Bonchev–Trinajstić information content (AvgIpc) is 2.38. The van der Waals surface area contributed by atoms with Gasteiger partial charge in [0.25, 0.3) is 0 Å². The first-order chi connectivity index (χ1) is 9.77. The van der Waals surface area contributed by atoms with E-state index in [2.05, 4.69) is 31.9 Å². The molecular formula is C16H13Br2F3. The Kier molecular flexibility index (Phi) is 5.15. The fourth-order valence-electron chi connectivity index (χ4n) is 2.03. The lowest BCUT2D eigenvalue weighted by molar-refractivity contribution is -0.137. The minimum atomic E-state index is -4.29. The van der Waals surface area contributed by atoms with Crippen molar-refractivity contribution in [3.8, 4) is 0 Å². The minimum Gasteiger partial charge on any atom is -0.166 e. The van der Waals surface area contributed by atoms with E-state index in [1.807, 2.05) is 25.1 Å². The summed E-state index contributed by atoms with van der Waals surface area (Å²) in [5.74, 6) is 0. The fourth-order valence-corrected chi connectivity index (χ4v) is 3.88. The normalized spacial score (nSPS) is 13.2. The molecule has 2 aromatic carbocycles. The molecule has 0 aromatic heterocycles. The molecule has 0 spiro atoms. The van der Waals surface area contributed by atoms with E-state index in [0.29, 0.717) is 6.42 Å². The van der Waals surface area contributed by atoms with Crippen LogP contribution in [-0.4, -0.2) is 0 Å². The summed E-state index contributed by atoms with van der Waals surface area (Å²) in [5, 5.41) is 0. The summed E-state index contributed by atoms with van der Waals surface area (Å²) in [6.45, 7) is 2.01. The molecule has 0 fully saturated rings. The number of hydrogen-bond donors (Lipinski definition) is 0. The van der Waals surface area contributed by atoms with Crippen LogP contribution in [0.25, 0.3) is 0 Å². The standard InChI is InChI=1S/C16H13Br2F3/c1-10-2-7-13(14(17)8-10)15(18)9-11-3-5-12(6-4-11)16(19,20)21/h2-8,15H,9H2,1H3. The molecule has 0 N–H and O–H groups in total. The van der Waals surface area contributed by atoms with E-state index < -0.39 is 11.7 Å². The Morgan fingerprint density at radius 3 is 2.19 bits per heavy atom. The van der Waals surface area contributed by atoms with Crippen molar-refractivity contribution < 1.29 is 13.2 Å². The second kappa shape index (κ2) is 6.53.